The van der Waals surface area contributed by atoms with E-state index < -0.39 is 11.7 Å². The fraction of sp³-hybridized carbons (Fsp3) is 0.217. The van der Waals surface area contributed by atoms with Crippen molar-refractivity contribution >= 4 is 39.1 Å². The van der Waals surface area contributed by atoms with Gasteiger partial charge in [0.1, 0.15) is 0 Å². The summed E-state index contributed by atoms with van der Waals surface area (Å²) in [5.41, 5.74) is 2.14. The predicted octanol–water partition coefficient (Wildman–Crippen LogP) is 4.78. The molecule has 4 rings (SSSR count). The van der Waals surface area contributed by atoms with E-state index in [2.05, 4.69) is 31.2 Å². The minimum Gasteiger partial charge on any atom is -0.421 e. The van der Waals surface area contributed by atoms with Crippen LogP contribution in [-0.4, -0.2) is 28.3 Å². The van der Waals surface area contributed by atoms with Crippen LogP contribution in [0.3, 0.4) is 0 Å². The molecule has 2 amide bonds. The molecule has 1 fully saturated rings. The number of halogens is 2. The number of nitrogens with zero attached hydrogens (tertiary/aromatic N) is 3. The van der Waals surface area contributed by atoms with E-state index in [0.29, 0.717) is 17.1 Å². The number of nitrogens with one attached hydrogen (secondary N) is 1. The van der Waals surface area contributed by atoms with Crippen molar-refractivity contribution in [3.05, 3.63) is 70.2 Å². The number of anilines is 2. The topological polar surface area (TPSA) is 84.4 Å². The molecule has 0 saturated carbocycles. The van der Waals surface area contributed by atoms with E-state index in [1.54, 1.807) is 30.9 Å². The van der Waals surface area contributed by atoms with Crippen LogP contribution in [0.4, 0.5) is 15.8 Å². The van der Waals surface area contributed by atoms with E-state index in [0.717, 1.165) is 10.2 Å². The third-order valence-corrected chi connectivity index (χ3v) is 5.65. The molecule has 1 saturated heterocycles. The lowest BCUT2D eigenvalue weighted by atomic mass is 10.1. The SMILES string of the molecule is Cc1nc(Oc2ccccc2F)nc(C)c1NC(=O)C1CC(=O)N(c2cccc(Br)c2)C1. The number of hydrogen-bond acceptors (Lipinski definition) is 5. The van der Waals surface area contributed by atoms with Gasteiger partial charge >= 0.3 is 6.01 Å². The molecule has 2 heterocycles. The average Bonchev–Trinajstić information content (AvgIpc) is 3.14. The fourth-order valence-corrected chi connectivity index (χ4v) is 3.93. The van der Waals surface area contributed by atoms with E-state index in [4.69, 9.17) is 4.74 Å². The Morgan fingerprint density at radius 1 is 1.16 bits per heavy atom. The molecule has 2 aromatic carbocycles. The number of aryl methyl sites for hydroxylation is 2. The number of carbonyl (C=O) groups excluding carboxylic acids is 2. The molecule has 32 heavy (non-hydrogen) atoms. The van der Waals surface area contributed by atoms with Crippen molar-refractivity contribution in [3.63, 3.8) is 0 Å². The largest absolute Gasteiger partial charge is 0.421 e. The minimum atomic E-state index is -0.523. The second-order valence-corrected chi connectivity index (χ2v) is 8.37. The number of para-hydroxylation sites is 1. The van der Waals surface area contributed by atoms with E-state index in [1.807, 2.05) is 24.3 Å². The van der Waals surface area contributed by atoms with Gasteiger partial charge in [0.25, 0.3) is 0 Å². The molecule has 1 aromatic heterocycles. The van der Waals surface area contributed by atoms with Crippen LogP contribution in [0.1, 0.15) is 17.8 Å². The van der Waals surface area contributed by atoms with Crippen LogP contribution in [0.25, 0.3) is 0 Å². The first-order chi connectivity index (χ1) is 15.3. The summed E-state index contributed by atoms with van der Waals surface area (Å²) >= 11 is 3.40. The van der Waals surface area contributed by atoms with Crippen LogP contribution < -0.4 is 15.0 Å². The molecular formula is C23H20BrFN4O3. The predicted molar refractivity (Wildman–Crippen MR) is 121 cm³/mol. The smallest absolute Gasteiger partial charge is 0.322 e. The monoisotopic (exact) mass is 498 g/mol. The van der Waals surface area contributed by atoms with E-state index in [1.165, 1.54) is 12.1 Å². The normalized spacial score (nSPS) is 15.7. The Morgan fingerprint density at radius 2 is 1.88 bits per heavy atom. The summed E-state index contributed by atoms with van der Waals surface area (Å²) in [4.78, 5) is 35.5. The number of benzene rings is 2. The van der Waals surface area contributed by atoms with Crippen LogP contribution >= 0.6 is 15.9 Å². The number of rotatable bonds is 5. The number of hydrogen-bond donors (Lipinski definition) is 1. The Labute approximate surface area is 192 Å². The van der Waals surface area contributed by atoms with Crippen LogP contribution in [0.15, 0.2) is 53.0 Å². The quantitative estimate of drug-likeness (QED) is 0.547. The zero-order chi connectivity index (χ0) is 22.8. The van der Waals surface area contributed by atoms with Gasteiger partial charge in [0, 0.05) is 23.1 Å². The van der Waals surface area contributed by atoms with Crippen molar-refractivity contribution in [2.75, 3.05) is 16.8 Å². The molecule has 1 atom stereocenters. The van der Waals surface area contributed by atoms with Crippen molar-refractivity contribution < 1.29 is 18.7 Å². The zero-order valence-electron chi connectivity index (χ0n) is 17.4. The van der Waals surface area contributed by atoms with E-state index >= 15 is 0 Å². The number of aromatic nitrogens is 2. The highest BCUT2D eigenvalue weighted by atomic mass is 79.9. The second-order valence-electron chi connectivity index (χ2n) is 7.46. The standard InChI is InChI=1S/C23H20BrFN4O3/c1-13-21(14(2)27-23(26-13)32-19-9-4-3-8-18(19)25)28-22(31)15-10-20(30)29(12-15)17-7-5-6-16(24)11-17/h3-9,11,15H,10,12H2,1-2H3,(H,28,31). The maximum Gasteiger partial charge on any atom is 0.322 e. The van der Waals surface area contributed by atoms with Gasteiger partial charge in [0.15, 0.2) is 11.6 Å². The molecule has 1 unspecified atom stereocenters. The Balaban J connectivity index is 1.47. The Morgan fingerprint density at radius 3 is 2.56 bits per heavy atom. The maximum absolute atomic E-state index is 13.8. The molecule has 9 heteroatoms. The van der Waals surface area contributed by atoms with Gasteiger partial charge in [-0.3, -0.25) is 9.59 Å². The molecule has 1 N–H and O–H groups in total. The van der Waals surface area contributed by atoms with E-state index in [9.17, 15) is 14.0 Å². The van der Waals surface area contributed by atoms with Gasteiger partial charge in [0.2, 0.25) is 11.8 Å². The first-order valence-corrected chi connectivity index (χ1v) is 10.8. The highest BCUT2D eigenvalue weighted by Gasteiger charge is 2.35. The lowest BCUT2D eigenvalue weighted by molar-refractivity contribution is -0.122. The lowest BCUT2D eigenvalue weighted by Gasteiger charge is -2.17. The summed E-state index contributed by atoms with van der Waals surface area (Å²) < 4.78 is 20.1. The molecule has 0 radical (unpaired) electrons. The highest BCUT2D eigenvalue weighted by Crippen LogP contribution is 2.29. The molecule has 1 aliphatic heterocycles. The van der Waals surface area contributed by atoms with Gasteiger partial charge in [-0.25, -0.2) is 4.39 Å². The highest BCUT2D eigenvalue weighted by molar-refractivity contribution is 9.10. The first-order valence-electron chi connectivity index (χ1n) is 9.96. The second kappa shape index (κ2) is 9.04. The molecule has 0 bridgehead atoms. The van der Waals surface area contributed by atoms with Gasteiger partial charge in [0.05, 0.1) is 23.0 Å². The van der Waals surface area contributed by atoms with Crippen molar-refractivity contribution in [3.8, 4) is 11.8 Å². The third-order valence-electron chi connectivity index (χ3n) is 5.15. The Hall–Kier alpha value is -3.33. The van der Waals surface area contributed by atoms with Crippen molar-refractivity contribution in [1.29, 1.82) is 0 Å². The Kier molecular flexibility index (Phi) is 6.18. The Bertz CT molecular complexity index is 1180. The maximum atomic E-state index is 13.8. The van der Waals surface area contributed by atoms with Gasteiger partial charge in [-0.05, 0) is 44.2 Å². The van der Waals surface area contributed by atoms with Crippen molar-refractivity contribution in [1.82, 2.24) is 9.97 Å². The van der Waals surface area contributed by atoms with Gasteiger partial charge < -0.3 is 15.0 Å². The zero-order valence-corrected chi connectivity index (χ0v) is 19.0. The number of ether oxygens (including phenoxy) is 1. The number of amides is 2. The van der Waals surface area contributed by atoms with Crippen molar-refractivity contribution in [2.24, 2.45) is 5.92 Å². The summed E-state index contributed by atoms with van der Waals surface area (Å²) in [6.07, 6.45) is 0.117. The molecule has 0 aliphatic carbocycles. The first kappa shape index (κ1) is 21.9. The fourth-order valence-electron chi connectivity index (χ4n) is 3.54. The van der Waals surface area contributed by atoms with Crippen molar-refractivity contribution in [2.45, 2.75) is 20.3 Å². The van der Waals surface area contributed by atoms with Gasteiger partial charge in [-0.2, -0.15) is 9.97 Å². The third kappa shape index (κ3) is 4.62. The summed E-state index contributed by atoms with van der Waals surface area (Å²) in [5.74, 6) is -1.41. The lowest BCUT2D eigenvalue weighted by Crippen LogP contribution is -2.28. The molecule has 164 valence electrons. The number of carbonyl (C=O) groups is 2. The van der Waals surface area contributed by atoms with Crippen LogP contribution in [0.2, 0.25) is 0 Å². The van der Waals surface area contributed by atoms with Crippen LogP contribution in [-0.2, 0) is 9.59 Å². The van der Waals surface area contributed by atoms with Crippen LogP contribution in [0, 0.1) is 25.6 Å². The summed E-state index contributed by atoms with van der Waals surface area (Å²) in [5, 5.41) is 2.85. The van der Waals surface area contributed by atoms with Gasteiger partial charge in [-0.15, -0.1) is 0 Å². The summed E-state index contributed by atoms with van der Waals surface area (Å²) in [7, 11) is 0. The molecule has 0 spiro atoms. The average molecular weight is 499 g/mol. The van der Waals surface area contributed by atoms with Gasteiger partial charge in [-0.1, -0.05) is 34.1 Å². The van der Waals surface area contributed by atoms with Crippen LogP contribution in [0.5, 0.6) is 11.8 Å². The molecule has 1 aliphatic rings. The minimum absolute atomic E-state index is 0.0139. The molecule has 3 aromatic rings. The summed E-state index contributed by atoms with van der Waals surface area (Å²) in [6, 6.07) is 13.3. The van der Waals surface area contributed by atoms with E-state index in [-0.39, 0.29) is 36.5 Å². The molecule has 7 nitrogen and oxygen atoms in total. The summed E-state index contributed by atoms with van der Waals surface area (Å²) in [6.45, 7) is 3.69. The molecular weight excluding hydrogens is 479 g/mol.